The van der Waals surface area contributed by atoms with Gasteiger partial charge < -0.3 is 15.0 Å². The van der Waals surface area contributed by atoms with Crippen molar-refractivity contribution in [2.45, 2.75) is 114 Å². The largest absolute Gasteiger partial charge is 0.381 e. The molecule has 294 valence electrons. The van der Waals surface area contributed by atoms with Crippen LogP contribution in [0.1, 0.15) is 107 Å². The Morgan fingerprint density at radius 1 is 0.909 bits per heavy atom. The van der Waals surface area contributed by atoms with E-state index >= 15 is 0 Å². The molecule has 1 aromatic carbocycles. The molecule has 1 aliphatic carbocycles. The molecule has 4 aromatic rings. The zero-order valence-electron chi connectivity index (χ0n) is 32.1. The van der Waals surface area contributed by atoms with Crippen LogP contribution in [0.3, 0.4) is 0 Å². The number of benzene rings is 1. The number of carbonyl (C=O) groups is 3. The number of imide groups is 1. The van der Waals surface area contributed by atoms with E-state index in [9.17, 15) is 19.2 Å². The number of carbonyl (C=O) groups excluding carboxylic acids is 3. The van der Waals surface area contributed by atoms with E-state index in [0.29, 0.717) is 36.4 Å². The zero-order chi connectivity index (χ0) is 37.9. The summed E-state index contributed by atoms with van der Waals surface area (Å²) in [5.41, 5.74) is 4.84. The highest BCUT2D eigenvalue weighted by atomic mass is 16.5. The van der Waals surface area contributed by atoms with Gasteiger partial charge >= 0.3 is 5.69 Å². The number of nitrogens with zero attached hydrogens (tertiary/aromatic N) is 7. The molecule has 55 heavy (non-hydrogen) atoms. The lowest BCUT2D eigenvalue weighted by Crippen LogP contribution is -2.53. The lowest BCUT2D eigenvalue weighted by Gasteiger charge is -2.42. The van der Waals surface area contributed by atoms with Gasteiger partial charge in [-0.2, -0.15) is 5.10 Å². The normalized spacial score (nSPS) is 23.1. The monoisotopic (exact) mass is 753 g/mol. The van der Waals surface area contributed by atoms with Crippen molar-refractivity contribution in [2.75, 3.05) is 44.7 Å². The molecule has 1 saturated carbocycles. The van der Waals surface area contributed by atoms with Crippen LogP contribution in [0.2, 0.25) is 0 Å². The zero-order valence-corrected chi connectivity index (χ0v) is 32.1. The Kier molecular flexibility index (Phi) is 11.3. The van der Waals surface area contributed by atoms with Crippen LogP contribution in [0.25, 0.3) is 16.6 Å². The molecule has 0 bridgehead atoms. The first-order chi connectivity index (χ1) is 26.8. The summed E-state index contributed by atoms with van der Waals surface area (Å²) in [4.78, 5) is 59.6. The number of piperidine rings is 1. The molecule has 14 heteroatoms. The first-order valence-corrected chi connectivity index (χ1v) is 20.6. The second-order valence-electron chi connectivity index (χ2n) is 16.0. The number of hydrogen-bond acceptors (Lipinski definition) is 9. The molecular weight excluding hydrogens is 699 g/mol. The molecule has 1 unspecified atom stereocenters. The minimum absolute atomic E-state index is 0.225. The van der Waals surface area contributed by atoms with Gasteiger partial charge in [0.2, 0.25) is 17.7 Å². The lowest BCUT2D eigenvalue weighted by molar-refractivity contribution is -0.136. The second-order valence-corrected chi connectivity index (χ2v) is 16.0. The minimum Gasteiger partial charge on any atom is -0.381 e. The number of piperazine rings is 1. The third kappa shape index (κ3) is 8.07. The highest BCUT2D eigenvalue weighted by Crippen LogP contribution is 2.34. The summed E-state index contributed by atoms with van der Waals surface area (Å²) in [5.74, 6) is 1.00. The molecule has 3 saturated heterocycles. The van der Waals surface area contributed by atoms with Gasteiger partial charge in [-0.15, -0.1) is 0 Å². The van der Waals surface area contributed by atoms with E-state index in [-0.39, 0.29) is 23.9 Å². The first-order valence-electron chi connectivity index (χ1n) is 20.6. The van der Waals surface area contributed by atoms with Crippen LogP contribution < -0.4 is 16.3 Å². The van der Waals surface area contributed by atoms with Gasteiger partial charge in [-0.3, -0.25) is 33.7 Å². The topological polar surface area (TPSA) is 148 Å². The van der Waals surface area contributed by atoms with Gasteiger partial charge in [-0.1, -0.05) is 18.9 Å². The number of aromatic nitrogens is 5. The number of hydrogen-bond donors (Lipinski definition) is 2. The number of unbranched alkanes of at least 4 members (excludes halogenated alkanes) is 3. The highest BCUT2D eigenvalue weighted by molar-refractivity contribution is 6.00. The van der Waals surface area contributed by atoms with Crippen LogP contribution in [0, 0.1) is 0 Å². The Labute approximate surface area is 321 Å². The van der Waals surface area contributed by atoms with Crippen molar-refractivity contribution in [1.82, 2.24) is 38.8 Å². The van der Waals surface area contributed by atoms with Gasteiger partial charge in [0.15, 0.2) is 5.82 Å². The second kappa shape index (κ2) is 16.7. The summed E-state index contributed by atoms with van der Waals surface area (Å²) in [6, 6.07) is 8.48. The Hall–Kier alpha value is -4.56. The van der Waals surface area contributed by atoms with Crippen molar-refractivity contribution in [2.24, 2.45) is 7.05 Å². The predicted octanol–water partition coefficient (Wildman–Crippen LogP) is 4.31. The Morgan fingerprint density at radius 2 is 1.69 bits per heavy atom. The van der Waals surface area contributed by atoms with Crippen LogP contribution in [0.4, 0.5) is 5.82 Å². The van der Waals surface area contributed by atoms with E-state index in [2.05, 4.69) is 37.8 Å². The molecular formula is C41H55N9O5. The van der Waals surface area contributed by atoms with Crippen molar-refractivity contribution in [1.29, 1.82) is 0 Å². The van der Waals surface area contributed by atoms with Crippen molar-refractivity contribution in [3.05, 3.63) is 58.4 Å². The van der Waals surface area contributed by atoms with E-state index in [1.165, 1.54) is 10.1 Å². The van der Waals surface area contributed by atoms with Gasteiger partial charge in [0.05, 0.1) is 11.0 Å². The Morgan fingerprint density at radius 3 is 2.47 bits per heavy atom. The molecule has 8 rings (SSSR count). The Bertz CT molecular complexity index is 2060. The average molecular weight is 754 g/mol. The molecule has 3 aliphatic heterocycles. The molecule has 2 N–H and O–H groups in total. The van der Waals surface area contributed by atoms with Gasteiger partial charge in [0.1, 0.15) is 17.9 Å². The Balaban J connectivity index is 0.735. The summed E-state index contributed by atoms with van der Waals surface area (Å²) in [5, 5.41) is 10.6. The summed E-state index contributed by atoms with van der Waals surface area (Å²) in [7, 11) is 1.73. The number of fused-ring (bicyclic) bond motifs is 2. The molecule has 4 fully saturated rings. The van der Waals surface area contributed by atoms with Gasteiger partial charge in [-0.05, 0) is 99.5 Å². The van der Waals surface area contributed by atoms with Crippen molar-refractivity contribution in [3.8, 4) is 0 Å². The van der Waals surface area contributed by atoms with Crippen molar-refractivity contribution >= 4 is 40.1 Å². The maximum absolute atomic E-state index is 13.1. The molecule has 14 nitrogen and oxygen atoms in total. The van der Waals surface area contributed by atoms with E-state index in [1.54, 1.807) is 17.9 Å². The van der Waals surface area contributed by atoms with Crippen LogP contribution in [0.15, 0.2) is 41.6 Å². The fourth-order valence-electron chi connectivity index (χ4n) is 9.45. The van der Waals surface area contributed by atoms with Crippen LogP contribution >= 0.6 is 0 Å². The smallest absolute Gasteiger partial charge is 0.329 e. The lowest BCUT2D eigenvalue weighted by atomic mass is 9.89. The minimum atomic E-state index is -0.676. The number of rotatable bonds is 12. The van der Waals surface area contributed by atoms with E-state index < -0.39 is 11.9 Å². The predicted molar refractivity (Wildman–Crippen MR) is 209 cm³/mol. The number of imidazole rings is 1. The summed E-state index contributed by atoms with van der Waals surface area (Å²) >= 11 is 0. The summed E-state index contributed by atoms with van der Waals surface area (Å²) in [6.45, 7) is 5.16. The first kappa shape index (κ1) is 37.4. The van der Waals surface area contributed by atoms with Gasteiger partial charge in [0.25, 0.3) is 0 Å². The average Bonchev–Trinajstić information content (AvgIpc) is 3.75. The van der Waals surface area contributed by atoms with Crippen molar-refractivity contribution < 1.29 is 19.1 Å². The molecule has 0 spiro atoms. The summed E-state index contributed by atoms with van der Waals surface area (Å²) in [6.07, 6.45) is 16.3. The number of aryl methyl sites for hydroxylation is 2. The van der Waals surface area contributed by atoms with Crippen LogP contribution in [-0.4, -0.2) is 103 Å². The third-order valence-corrected chi connectivity index (χ3v) is 12.6. The molecule has 4 aliphatic rings. The molecule has 3 amide bonds. The molecule has 0 radical (unpaired) electrons. The highest BCUT2D eigenvalue weighted by Gasteiger charge is 2.32. The quantitative estimate of drug-likeness (QED) is 0.160. The molecule has 6 heterocycles. The third-order valence-electron chi connectivity index (χ3n) is 12.6. The maximum Gasteiger partial charge on any atom is 0.329 e. The molecule has 3 aromatic heterocycles. The number of anilines is 1. The number of nitrogens with one attached hydrogen (secondary N) is 2. The standard InChI is InChI=1S/C41H55N9O5/c1-46-35-26-28(8-13-33(35)50(41(46)54)34-14-15-36(51)45-40(34)53)6-4-2-3-5-7-37(52)48-22-20-47(21-23-48)31-11-9-30(10-12-31)44-39-38-32(29-17-24-55-25-18-29)16-19-49(38)43-27-42-39/h8,13,16,19,26-27,29-31,34H,2-7,9-12,14-15,17-18,20-25H2,1H3,(H,42,43,44)(H,45,51,53). The van der Waals surface area contributed by atoms with E-state index in [0.717, 1.165) is 132 Å². The van der Waals surface area contributed by atoms with Crippen LogP contribution in [0.5, 0.6) is 0 Å². The number of ether oxygens (including phenoxy) is 1. The van der Waals surface area contributed by atoms with E-state index in [1.807, 2.05) is 22.7 Å². The SMILES string of the molecule is Cn1c(=O)n(C2CCC(=O)NC2=O)c2ccc(CCCCCCC(=O)N3CCN(C4CCC(Nc5ncnn6ccc(C7CCOCC7)c56)CC4)CC3)cc21. The van der Waals surface area contributed by atoms with Crippen LogP contribution in [-0.2, 0) is 32.6 Å². The van der Waals surface area contributed by atoms with Gasteiger partial charge in [-0.25, -0.2) is 14.3 Å². The number of amides is 3. The van der Waals surface area contributed by atoms with Gasteiger partial charge in [0, 0.05) is 77.6 Å². The van der Waals surface area contributed by atoms with Crippen molar-refractivity contribution in [3.63, 3.8) is 0 Å². The fourth-order valence-corrected chi connectivity index (χ4v) is 9.45. The fraction of sp³-hybridized carbons (Fsp3) is 0.610. The van der Waals surface area contributed by atoms with E-state index in [4.69, 9.17) is 9.72 Å². The summed E-state index contributed by atoms with van der Waals surface area (Å²) < 4.78 is 10.7. The maximum atomic E-state index is 13.1. The molecule has 1 atom stereocenters.